The molecule has 0 aliphatic rings. The van der Waals surface area contributed by atoms with Crippen LogP contribution in [0.2, 0.25) is 0 Å². The maximum absolute atomic E-state index is 12.9. The fourth-order valence-corrected chi connectivity index (χ4v) is 2.70. The molecule has 2 unspecified atom stereocenters. The van der Waals surface area contributed by atoms with E-state index in [9.17, 15) is 19.2 Å². The van der Waals surface area contributed by atoms with E-state index >= 15 is 0 Å². The molecule has 11 nitrogen and oxygen atoms in total. The average Bonchev–Trinajstić information content (AvgIpc) is 3.24. The van der Waals surface area contributed by atoms with Gasteiger partial charge in [0.15, 0.2) is 0 Å². The monoisotopic (exact) mass is 416 g/mol. The van der Waals surface area contributed by atoms with E-state index in [4.69, 9.17) is 10.8 Å². The zero-order chi connectivity index (χ0) is 21.9. The number of carbonyl (C=O) groups excluding carboxylic acids is 3. The molecule has 1 aromatic heterocycles. The van der Waals surface area contributed by atoms with Gasteiger partial charge in [0, 0.05) is 24.7 Å². The number of carbonyl (C=O) groups is 4. The molecule has 0 radical (unpaired) electrons. The molecule has 2 rings (SSSR count). The van der Waals surface area contributed by atoms with Crippen molar-refractivity contribution in [1.82, 2.24) is 25.9 Å². The molecule has 0 aliphatic carbocycles. The number of nitrogens with one attached hydrogen (secondary N) is 4. The van der Waals surface area contributed by atoms with E-state index in [2.05, 4.69) is 25.9 Å². The van der Waals surface area contributed by atoms with Crippen LogP contribution in [0.3, 0.4) is 0 Å². The van der Waals surface area contributed by atoms with Gasteiger partial charge in [-0.05, 0) is 5.56 Å². The third-order valence-corrected chi connectivity index (χ3v) is 4.15. The van der Waals surface area contributed by atoms with Crippen LogP contribution in [-0.2, 0) is 32.0 Å². The van der Waals surface area contributed by atoms with E-state index in [0.29, 0.717) is 5.69 Å². The molecular formula is C19H24N6O5. The molecule has 0 aliphatic heterocycles. The van der Waals surface area contributed by atoms with Crippen LogP contribution in [0.25, 0.3) is 0 Å². The largest absolute Gasteiger partial charge is 0.480 e. The van der Waals surface area contributed by atoms with Gasteiger partial charge in [-0.15, -0.1) is 0 Å². The summed E-state index contributed by atoms with van der Waals surface area (Å²) < 4.78 is 0. The first-order valence-electron chi connectivity index (χ1n) is 9.19. The van der Waals surface area contributed by atoms with E-state index < -0.39 is 42.3 Å². The van der Waals surface area contributed by atoms with Gasteiger partial charge in [0.05, 0.1) is 12.9 Å². The van der Waals surface area contributed by atoms with E-state index in [1.807, 2.05) is 6.07 Å². The summed E-state index contributed by atoms with van der Waals surface area (Å²) in [6.45, 7) is -0.888. The first kappa shape index (κ1) is 22.6. The molecule has 30 heavy (non-hydrogen) atoms. The second-order valence-corrected chi connectivity index (χ2v) is 6.47. The number of hydrogen-bond acceptors (Lipinski definition) is 6. The Kier molecular flexibility index (Phi) is 8.51. The first-order valence-corrected chi connectivity index (χ1v) is 9.19. The van der Waals surface area contributed by atoms with Crippen LogP contribution in [0.5, 0.6) is 0 Å². The van der Waals surface area contributed by atoms with Crippen LogP contribution < -0.4 is 21.7 Å². The summed E-state index contributed by atoms with van der Waals surface area (Å²) in [5.74, 6) is -3.02. The molecule has 0 fully saturated rings. The van der Waals surface area contributed by atoms with Crippen molar-refractivity contribution < 1.29 is 24.3 Å². The van der Waals surface area contributed by atoms with Crippen LogP contribution in [0.4, 0.5) is 0 Å². The van der Waals surface area contributed by atoms with Crippen molar-refractivity contribution in [2.75, 3.05) is 13.1 Å². The van der Waals surface area contributed by atoms with Gasteiger partial charge >= 0.3 is 5.97 Å². The number of amides is 3. The second-order valence-electron chi connectivity index (χ2n) is 6.47. The van der Waals surface area contributed by atoms with Crippen molar-refractivity contribution in [3.63, 3.8) is 0 Å². The van der Waals surface area contributed by atoms with Gasteiger partial charge in [-0.1, -0.05) is 30.3 Å². The standard InChI is InChI=1S/C19H24N6O5/c20-8-16(26)24-14(6-12-4-2-1-3-5-12)19(30)25-15(7-13-9-21-11-23-13)18(29)22-10-17(27)28/h1-5,9,11,14-15H,6-8,10,20H2,(H,21,23)(H,22,29)(H,24,26)(H,25,30)(H,27,28). The molecule has 2 aromatic rings. The van der Waals surface area contributed by atoms with Gasteiger partial charge in [0.1, 0.15) is 18.6 Å². The molecule has 0 saturated carbocycles. The van der Waals surface area contributed by atoms with Crippen molar-refractivity contribution in [3.8, 4) is 0 Å². The first-order chi connectivity index (χ1) is 14.4. The highest BCUT2D eigenvalue weighted by atomic mass is 16.4. The third-order valence-electron chi connectivity index (χ3n) is 4.15. The highest BCUT2D eigenvalue weighted by molar-refractivity contribution is 5.93. The Morgan fingerprint density at radius 1 is 1.03 bits per heavy atom. The number of nitrogens with zero attached hydrogens (tertiary/aromatic N) is 1. The van der Waals surface area contributed by atoms with Gasteiger partial charge in [-0.3, -0.25) is 19.2 Å². The molecule has 2 atom stereocenters. The van der Waals surface area contributed by atoms with Gasteiger partial charge in [-0.25, -0.2) is 4.98 Å². The molecule has 1 heterocycles. The van der Waals surface area contributed by atoms with E-state index in [1.54, 1.807) is 24.3 Å². The number of carboxylic acids is 1. The molecule has 0 saturated heterocycles. The minimum Gasteiger partial charge on any atom is -0.480 e. The number of carboxylic acid groups (broad SMARTS) is 1. The second kappa shape index (κ2) is 11.3. The Hall–Kier alpha value is -3.73. The van der Waals surface area contributed by atoms with Crippen LogP contribution in [0, 0.1) is 0 Å². The third kappa shape index (κ3) is 7.36. The molecule has 160 valence electrons. The van der Waals surface area contributed by atoms with Crippen LogP contribution >= 0.6 is 0 Å². The number of aromatic amines is 1. The number of benzene rings is 1. The summed E-state index contributed by atoms with van der Waals surface area (Å²) in [5, 5.41) is 16.2. The Labute approximate surface area is 172 Å². The predicted molar refractivity (Wildman–Crippen MR) is 106 cm³/mol. The maximum atomic E-state index is 12.9. The van der Waals surface area contributed by atoms with Crippen molar-refractivity contribution in [3.05, 3.63) is 54.1 Å². The Morgan fingerprint density at radius 2 is 1.73 bits per heavy atom. The number of aromatic nitrogens is 2. The smallest absolute Gasteiger partial charge is 0.322 e. The lowest BCUT2D eigenvalue weighted by molar-refractivity contribution is -0.138. The number of rotatable bonds is 11. The summed E-state index contributed by atoms with van der Waals surface area (Å²) in [7, 11) is 0. The molecule has 7 N–H and O–H groups in total. The zero-order valence-electron chi connectivity index (χ0n) is 16.1. The van der Waals surface area contributed by atoms with Crippen molar-refractivity contribution in [2.45, 2.75) is 24.9 Å². The van der Waals surface area contributed by atoms with Crippen LogP contribution in [-0.4, -0.2) is 63.9 Å². The van der Waals surface area contributed by atoms with Gasteiger partial charge in [-0.2, -0.15) is 0 Å². The summed E-state index contributed by atoms with van der Waals surface area (Å²) >= 11 is 0. The van der Waals surface area contributed by atoms with Crippen LogP contribution in [0.1, 0.15) is 11.3 Å². The summed E-state index contributed by atoms with van der Waals surface area (Å²) in [5.41, 5.74) is 6.71. The molecule has 0 bridgehead atoms. The molecule has 11 heteroatoms. The van der Waals surface area contributed by atoms with Gasteiger partial charge in [0.2, 0.25) is 17.7 Å². The molecular weight excluding hydrogens is 392 g/mol. The number of aliphatic carboxylic acids is 1. The molecule has 1 aromatic carbocycles. The quantitative estimate of drug-likeness (QED) is 0.253. The van der Waals surface area contributed by atoms with Gasteiger partial charge in [0.25, 0.3) is 0 Å². The number of nitrogens with two attached hydrogens (primary N) is 1. The van der Waals surface area contributed by atoms with Gasteiger partial charge < -0.3 is 31.8 Å². The summed E-state index contributed by atoms with van der Waals surface area (Å²) in [6, 6.07) is 6.98. The summed E-state index contributed by atoms with van der Waals surface area (Å²) in [4.78, 5) is 54.6. The predicted octanol–water partition coefficient (Wildman–Crippen LogP) is -1.68. The lowest BCUT2D eigenvalue weighted by Gasteiger charge is -2.23. The topological polar surface area (TPSA) is 179 Å². The van der Waals surface area contributed by atoms with Crippen LogP contribution in [0.15, 0.2) is 42.9 Å². The Balaban J connectivity index is 2.15. The lowest BCUT2D eigenvalue weighted by atomic mass is 10.0. The van der Waals surface area contributed by atoms with Crippen molar-refractivity contribution >= 4 is 23.7 Å². The van der Waals surface area contributed by atoms with E-state index in [0.717, 1.165) is 5.56 Å². The fraction of sp³-hybridized carbons (Fsp3) is 0.316. The number of imidazole rings is 1. The van der Waals surface area contributed by atoms with E-state index in [1.165, 1.54) is 12.5 Å². The lowest BCUT2D eigenvalue weighted by Crippen LogP contribution is -2.56. The maximum Gasteiger partial charge on any atom is 0.322 e. The normalized spacial score (nSPS) is 12.4. The Morgan fingerprint density at radius 3 is 2.33 bits per heavy atom. The van der Waals surface area contributed by atoms with Crippen molar-refractivity contribution in [1.29, 1.82) is 0 Å². The average molecular weight is 416 g/mol. The highest BCUT2D eigenvalue weighted by Crippen LogP contribution is 2.05. The van der Waals surface area contributed by atoms with Crippen molar-refractivity contribution in [2.24, 2.45) is 5.73 Å². The molecule has 3 amide bonds. The molecule has 0 spiro atoms. The minimum absolute atomic E-state index is 0.0556. The highest BCUT2D eigenvalue weighted by Gasteiger charge is 2.27. The number of H-pyrrole nitrogens is 1. The number of hydrogen-bond donors (Lipinski definition) is 6. The summed E-state index contributed by atoms with van der Waals surface area (Å²) in [6.07, 6.45) is 3.15. The fourth-order valence-electron chi connectivity index (χ4n) is 2.70. The van der Waals surface area contributed by atoms with E-state index in [-0.39, 0.29) is 19.4 Å². The zero-order valence-corrected chi connectivity index (χ0v) is 16.1. The SMILES string of the molecule is NCC(=O)NC(Cc1ccccc1)C(=O)NC(Cc1cnc[nH]1)C(=O)NCC(=O)O. The Bertz CT molecular complexity index is 856. The minimum atomic E-state index is -1.22.